The van der Waals surface area contributed by atoms with Gasteiger partial charge >= 0.3 is 5.97 Å². The fraction of sp³-hybridized carbons (Fsp3) is 0.200. The summed E-state index contributed by atoms with van der Waals surface area (Å²) in [7, 11) is 0. The van der Waals surface area contributed by atoms with Gasteiger partial charge in [-0.05, 0) is 54.3 Å². The molecule has 0 saturated heterocycles. The molecule has 0 saturated carbocycles. The number of pyridine rings is 1. The first-order valence-corrected chi connectivity index (χ1v) is 11.1. The van der Waals surface area contributed by atoms with Gasteiger partial charge in [0.1, 0.15) is 23.4 Å². The van der Waals surface area contributed by atoms with E-state index < -0.39 is 41.4 Å². The lowest BCUT2D eigenvalue weighted by molar-refractivity contribution is -0.131. The topological polar surface area (TPSA) is 123 Å². The number of phenolic OH excluding ortho intramolecular Hbond substituents is 1. The number of esters is 1. The van der Waals surface area contributed by atoms with Gasteiger partial charge < -0.3 is 20.5 Å². The van der Waals surface area contributed by atoms with Crippen molar-refractivity contribution in [3.63, 3.8) is 0 Å². The van der Waals surface area contributed by atoms with Gasteiger partial charge in [0.2, 0.25) is 5.91 Å². The van der Waals surface area contributed by atoms with E-state index in [1.807, 2.05) is 0 Å². The molecular formula is C25H21ClFN3O5. The summed E-state index contributed by atoms with van der Waals surface area (Å²) in [5.74, 6) is -3.11. The summed E-state index contributed by atoms with van der Waals surface area (Å²) in [5, 5.41) is 10.7. The Morgan fingerprint density at radius 2 is 2.03 bits per heavy atom. The Bertz CT molecular complexity index is 1320. The lowest BCUT2D eigenvalue weighted by atomic mass is 9.98. The molecule has 0 unspecified atom stereocenters. The van der Waals surface area contributed by atoms with E-state index in [1.54, 1.807) is 18.2 Å². The van der Waals surface area contributed by atoms with Gasteiger partial charge in [0.05, 0.1) is 11.6 Å². The molecule has 0 aliphatic heterocycles. The van der Waals surface area contributed by atoms with Crippen molar-refractivity contribution >= 4 is 29.4 Å². The molecule has 1 aromatic heterocycles. The Morgan fingerprint density at radius 1 is 1.26 bits per heavy atom. The van der Waals surface area contributed by atoms with E-state index in [4.69, 9.17) is 22.1 Å². The van der Waals surface area contributed by atoms with Crippen LogP contribution in [0.2, 0.25) is 5.02 Å². The second-order valence-electron chi connectivity index (χ2n) is 8.09. The Balaban J connectivity index is 1.86. The number of nitrogens with two attached hydrogens (primary N) is 1. The molecule has 1 heterocycles. The molecule has 0 radical (unpaired) electrons. The van der Waals surface area contributed by atoms with Gasteiger partial charge in [-0.1, -0.05) is 17.7 Å². The van der Waals surface area contributed by atoms with Gasteiger partial charge in [0.25, 0.3) is 5.91 Å². The van der Waals surface area contributed by atoms with Crippen molar-refractivity contribution in [2.75, 3.05) is 0 Å². The summed E-state index contributed by atoms with van der Waals surface area (Å²) in [4.78, 5) is 43.1. The smallest absolute Gasteiger partial charge is 0.308 e. The number of aromatic hydroxyl groups is 1. The maximum Gasteiger partial charge on any atom is 0.308 e. The minimum Gasteiger partial charge on any atom is -0.507 e. The summed E-state index contributed by atoms with van der Waals surface area (Å²) in [6.07, 6.45) is 3.53. The highest BCUT2D eigenvalue weighted by atomic mass is 35.5. The summed E-state index contributed by atoms with van der Waals surface area (Å²) in [6, 6.07) is 7.64. The van der Waals surface area contributed by atoms with E-state index in [0.29, 0.717) is 29.5 Å². The zero-order valence-corrected chi connectivity index (χ0v) is 19.3. The monoisotopic (exact) mass is 497 g/mol. The zero-order chi connectivity index (χ0) is 25.3. The predicted octanol–water partition coefficient (Wildman–Crippen LogP) is 3.86. The van der Waals surface area contributed by atoms with Crippen molar-refractivity contribution in [1.29, 1.82) is 0 Å². The standard InChI is InChI=1S/C25H21ClFN3O5/c1-13(31)35-16-4-5-18(22(32)11-16)25(34)30(23(24(28)33)14-3-2-8-29-12-14)21-7-6-17-19(21)9-15(26)10-20(17)27/h2-5,8-12,21,23,32H,6-7H2,1H3,(H2,28,33)/t21-,23-/m1/s1. The number of primary amides is 1. The lowest BCUT2D eigenvalue weighted by Gasteiger charge is -2.36. The van der Waals surface area contributed by atoms with E-state index in [0.717, 1.165) is 6.07 Å². The predicted molar refractivity (Wildman–Crippen MR) is 124 cm³/mol. The second-order valence-corrected chi connectivity index (χ2v) is 8.52. The van der Waals surface area contributed by atoms with Crippen molar-refractivity contribution in [1.82, 2.24) is 9.88 Å². The van der Waals surface area contributed by atoms with Crippen molar-refractivity contribution in [2.24, 2.45) is 5.73 Å². The van der Waals surface area contributed by atoms with Crippen LogP contribution in [0.1, 0.15) is 52.5 Å². The molecule has 0 fully saturated rings. The molecule has 2 aromatic carbocycles. The van der Waals surface area contributed by atoms with Crippen LogP contribution in [-0.4, -0.2) is 32.8 Å². The maximum absolute atomic E-state index is 14.6. The highest BCUT2D eigenvalue weighted by molar-refractivity contribution is 6.30. The van der Waals surface area contributed by atoms with Gasteiger partial charge in [-0.15, -0.1) is 0 Å². The van der Waals surface area contributed by atoms with E-state index >= 15 is 0 Å². The first-order chi connectivity index (χ1) is 16.7. The molecular weight excluding hydrogens is 477 g/mol. The molecule has 3 N–H and O–H groups in total. The Hall–Kier alpha value is -3.98. The summed E-state index contributed by atoms with van der Waals surface area (Å²) in [5.41, 5.74) is 6.80. The fourth-order valence-electron chi connectivity index (χ4n) is 4.41. The first kappa shape index (κ1) is 24.2. The largest absolute Gasteiger partial charge is 0.507 e. The number of nitrogens with zero attached hydrogens (tertiary/aromatic N) is 2. The van der Waals surface area contributed by atoms with E-state index in [1.165, 1.54) is 42.4 Å². The van der Waals surface area contributed by atoms with Crippen molar-refractivity contribution < 1.29 is 28.6 Å². The molecule has 3 aromatic rings. The van der Waals surface area contributed by atoms with Gasteiger partial charge in [0, 0.05) is 36.0 Å². The molecule has 35 heavy (non-hydrogen) atoms. The second kappa shape index (κ2) is 9.71. The molecule has 2 atom stereocenters. The summed E-state index contributed by atoms with van der Waals surface area (Å²) in [6.45, 7) is 1.20. The number of aromatic nitrogens is 1. The van der Waals surface area contributed by atoms with Gasteiger partial charge in [0.15, 0.2) is 0 Å². The fourth-order valence-corrected chi connectivity index (χ4v) is 4.62. The van der Waals surface area contributed by atoms with Crippen LogP contribution in [0.5, 0.6) is 11.5 Å². The SMILES string of the molecule is CC(=O)Oc1ccc(C(=O)N([C@@H]2CCc3c(F)cc(Cl)cc32)[C@@H](C(N)=O)c2cccnc2)c(O)c1. The van der Waals surface area contributed by atoms with Crippen molar-refractivity contribution in [2.45, 2.75) is 31.8 Å². The highest BCUT2D eigenvalue weighted by Crippen LogP contribution is 2.43. The molecule has 1 aliphatic carbocycles. The van der Waals surface area contributed by atoms with Crippen molar-refractivity contribution in [3.8, 4) is 11.5 Å². The third-order valence-corrected chi connectivity index (χ3v) is 6.02. The van der Waals surface area contributed by atoms with Crippen molar-refractivity contribution in [3.05, 3.63) is 88.0 Å². The number of hydrogen-bond acceptors (Lipinski definition) is 6. The van der Waals surface area contributed by atoms with Crippen LogP contribution >= 0.6 is 11.6 Å². The van der Waals surface area contributed by atoms with Gasteiger partial charge in [-0.3, -0.25) is 19.4 Å². The minimum atomic E-state index is -1.28. The lowest BCUT2D eigenvalue weighted by Crippen LogP contribution is -2.43. The van der Waals surface area contributed by atoms with Crippen LogP contribution in [0.25, 0.3) is 0 Å². The zero-order valence-electron chi connectivity index (χ0n) is 18.6. The third-order valence-electron chi connectivity index (χ3n) is 5.80. The minimum absolute atomic E-state index is 0.0388. The third kappa shape index (κ3) is 4.81. The van der Waals surface area contributed by atoms with Crippen LogP contribution in [-0.2, 0) is 16.0 Å². The number of carbonyl (C=O) groups excluding carboxylic acids is 3. The van der Waals surface area contributed by atoms with E-state index in [2.05, 4.69) is 4.98 Å². The highest BCUT2D eigenvalue weighted by Gasteiger charge is 2.41. The number of benzene rings is 2. The molecule has 4 rings (SSSR count). The number of ether oxygens (including phenoxy) is 1. The van der Waals surface area contributed by atoms with Crippen LogP contribution in [0.15, 0.2) is 54.9 Å². The van der Waals surface area contributed by atoms with Crippen LogP contribution < -0.4 is 10.5 Å². The molecule has 10 heteroatoms. The van der Waals surface area contributed by atoms with E-state index in [-0.39, 0.29) is 16.3 Å². The van der Waals surface area contributed by atoms with Crippen LogP contribution in [0, 0.1) is 5.82 Å². The quantitative estimate of drug-likeness (QED) is 0.394. The molecule has 8 nitrogen and oxygen atoms in total. The number of carbonyl (C=O) groups is 3. The van der Waals surface area contributed by atoms with Gasteiger partial charge in [-0.2, -0.15) is 0 Å². The average Bonchev–Trinajstić information content (AvgIpc) is 3.20. The molecule has 0 bridgehead atoms. The van der Waals surface area contributed by atoms with Gasteiger partial charge in [-0.25, -0.2) is 4.39 Å². The Kier molecular flexibility index (Phi) is 6.70. The normalized spacial score (nSPS) is 15.2. The molecule has 2 amide bonds. The number of phenols is 1. The summed E-state index contributed by atoms with van der Waals surface area (Å²) >= 11 is 6.11. The molecule has 0 spiro atoms. The average molecular weight is 498 g/mol. The number of amides is 2. The van der Waals surface area contributed by atoms with Crippen LogP contribution in [0.3, 0.4) is 0 Å². The number of rotatable bonds is 6. The van der Waals surface area contributed by atoms with Crippen LogP contribution in [0.4, 0.5) is 4.39 Å². The summed E-state index contributed by atoms with van der Waals surface area (Å²) < 4.78 is 19.6. The van der Waals surface area contributed by atoms with E-state index in [9.17, 15) is 23.9 Å². The molecule has 180 valence electrons. The Morgan fingerprint density at radius 3 is 2.66 bits per heavy atom. The number of halogens is 2. The first-order valence-electron chi connectivity index (χ1n) is 10.7. The Labute approximate surface area is 205 Å². The number of hydrogen-bond donors (Lipinski definition) is 2. The number of fused-ring (bicyclic) bond motifs is 1. The molecule has 1 aliphatic rings. The maximum atomic E-state index is 14.6.